The molecule has 0 fully saturated rings. The van der Waals surface area contributed by atoms with Crippen molar-refractivity contribution in [2.24, 2.45) is 5.73 Å². The van der Waals surface area contributed by atoms with Crippen LogP contribution in [0.1, 0.15) is 48.2 Å². The summed E-state index contributed by atoms with van der Waals surface area (Å²) in [5.74, 6) is -0.0634. The van der Waals surface area contributed by atoms with Crippen molar-refractivity contribution in [2.75, 3.05) is 26.2 Å². The number of likely N-dealkylation sites (N-methyl/N-ethyl adjacent to an activating group) is 1. The Balaban J connectivity index is 2.85. The molecule has 0 aromatic heterocycles. The standard InChI is InChI=1S/C18H31N3O2/c1-4-16(8-11-22)20-18(23)17-12-15(7-6-14(17)3)13-21(5-2)10-9-19/h6-7,12,16,22H,4-5,8-11,13,19H2,1-3H3,(H,20,23). The number of carbonyl (C=O) groups is 1. The van der Waals surface area contributed by atoms with Crippen molar-refractivity contribution >= 4 is 5.91 Å². The van der Waals surface area contributed by atoms with Crippen LogP contribution >= 0.6 is 0 Å². The van der Waals surface area contributed by atoms with Crippen molar-refractivity contribution in [3.8, 4) is 0 Å². The largest absolute Gasteiger partial charge is 0.396 e. The first-order valence-electron chi connectivity index (χ1n) is 8.49. The van der Waals surface area contributed by atoms with Gasteiger partial charge in [-0.3, -0.25) is 9.69 Å². The van der Waals surface area contributed by atoms with Gasteiger partial charge < -0.3 is 16.2 Å². The summed E-state index contributed by atoms with van der Waals surface area (Å²) in [5, 5.41) is 12.1. The number of nitrogens with zero attached hydrogens (tertiary/aromatic N) is 1. The number of carbonyl (C=O) groups excluding carboxylic acids is 1. The Morgan fingerprint density at radius 2 is 2.13 bits per heavy atom. The van der Waals surface area contributed by atoms with E-state index in [2.05, 4.69) is 23.2 Å². The maximum absolute atomic E-state index is 12.5. The van der Waals surface area contributed by atoms with Gasteiger partial charge in [0.15, 0.2) is 0 Å². The summed E-state index contributed by atoms with van der Waals surface area (Å²) in [6.45, 7) is 9.36. The molecule has 1 aromatic rings. The Labute approximate surface area is 139 Å². The van der Waals surface area contributed by atoms with Gasteiger partial charge in [0.25, 0.3) is 5.91 Å². The summed E-state index contributed by atoms with van der Waals surface area (Å²) >= 11 is 0. The highest BCUT2D eigenvalue weighted by Crippen LogP contribution is 2.14. The second-order valence-electron chi connectivity index (χ2n) is 5.90. The Bertz CT molecular complexity index is 491. The van der Waals surface area contributed by atoms with Gasteiger partial charge in [0.1, 0.15) is 0 Å². The molecule has 0 heterocycles. The fourth-order valence-corrected chi connectivity index (χ4v) is 2.60. The van der Waals surface area contributed by atoms with E-state index in [1.54, 1.807) is 0 Å². The SMILES string of the molecule is CCC(CCO)NC(=O)c1cc(CN(CC)CCN)ccc1C. The smallest absolute Gasteiger partial charge is 0.251 e. The highest BCUT2D eigenvalue weighted by Gasteiger charge is 2.15. The predicted octanol–water partition coefficient (Wildman–Crippen LogP) is 1.67. The third-order valence-electron chi connectivity index (χ3n) is 4.15. The lowest BCUT2D eigenvalue weighted by Gasteiger charge is -2.21. The Kier molecular flexibility index (Phi) is 8.84. The van der Waals surface area contributed by atoms with Gasteiger partial charge in [-0.05, 0) is 43.5 Å². The third kappa shape index (κ3) is 6.29. The Hall–Kier alpha value is -1.43. The van der Waals surface area contributed by atoms with E-state index in [0.717, 1.165) is 37.2 Å². The molecule has 1 atom stereocenters. The fraction of sp³-hybridized carbons (Fsp3) is 0.611. The summed E-state index contributed by atoms with van der Waals surface area (Å²) in [7, 11) is 0. The summed E-state index contributed by atoms with van der Waals surface area (Å²) in [5.41, 5.74) is 8.43. The van der Waals surface area contributed by atoms with Crippen LogP contribution in [0.4, 0.5) is 0 Å². The number of amides is 1. The van der Waals surface area contributed by atoms with Gasteiger partial charge >= 0.3 is 0 Å². The van der Waals surface area contributed by atoms with Crippen LogP contribution < -0.4 is 11.1 Å². The second kappa shape index (κ2) is 10.4. The van der Waals surface area contributed by atoms with Crippen LogP contribution in [0.5, 0.6) is 0 Å². The van der Waals surface area contributed by atoms with Crippen LogP contribution in [0.25, 0.3) is 0 Å². The minimum absolute atomic E-state index is 0.0138. The Morgan fingerprint density at radius 1 is 1.39 bits per heavy atom. The van der Waals surface area contributed by atoms with E-state index >= 15 is 0 Å². The Morgan fingerprint density at radius 3 is 2.70 bits per heavy atom. The molecule has 0 spiro atoms. The first-order chi connectivity index (χ1) is 11.0. The number of aliphatic hydroxyl groups excluding tert-OH is 1. The van der Waals surface area contributed by atoms with Crippen LogP contribution in [0.15, 0.2) is 18.2 Å². The van der Waals surface area contributed by atoms with E-state index in [9.17, 15) is 4.79 Å². The van der Waals surface area contributed by atoms with Gasteiger partial charge in [-0.1, -0.05) is 26.0 Å². The maximum Gasteiger partial charge on any atom is 0.251 e. The van der Waals surface area contributed by atoms with E-state index in [-0.39, 0.29) is 18.6 Å². The van der Waals surface area contributed by atoms with Gasteiger partial charge in [0.2, 0.25) is 0 Å². The summed E-state index contributed by atoms with van der Waals surface area (Å²) in [6.07, 6.45) is 1.40. The van der Waals surface area contributed by atoms with Gasteiger partial charge in [-0.2, -0.15) is 0 Å². The molecule has 0 bridgehead atoms. The average molecular weight is 321 g/mol. The summed E-state index contributed by atoms with van der Waals surface area (Å²) in [4.78, 5) is 14.8. The number of nitrogens with two attached hydrogens (primary N) is 1. The molecule has 1 rings (SSSR count). The molecule has 1 amide bonds. The molecule has 0 aliphatic rings. The quantitative estimate of drug-likeness (QED) is 0.612. The minimum atomic E-state index is -0.0634. The van der Waals surface area contributed by atoms with Crippen molar-refractivity contribution < 1.29 is 9.90 Å². The predicted molar refractivity (Wildman–Crippen MR) is 94.4 cm³/mol. The van der Waals surface area contributed by atoms with Crippen molar-refractivity contribution in [2.45, 2.75) is 46.2 Å². The molecule has 0 saturated heterocycles. The number of aliphatic hydroxyl groups is 1. The number of rotatable bonds is 10. The zero-order valence-electron chi connectivity index (χ0n) is 14.6. The lowest BCUT2D eigenvalue weighted by molar-refractivity contribution is 0.0928. The van der Waals surface area contributed by atoms with Crippen LogP contribution in [0, 0.1) is 6.92 Å². The molecule has 23 heavy (non-hydrogen) atoms. The zero-order chi connectivity index (χ0) is 17.2. The van der Waals surface area contributed by atoms with Crippen molar-refractivity contribution in [1.29, 1.82) is 0 Å². The number of benzene rings is 1. The highest BCUT2D eigenvalue weighted by atomic mass is 16.3. The topological polar surface area (TPSA) is 78.6 Å². The minimum Gasteiger partial charge on any atom is -0.396 e. The number of hydrogen-bond acceptors (Lipinski definition) is 4. The fourth-order valence-electron chi connectivity index (χ4n) is 2.60. The first kappa shape index (κ1) is 19.6. The lowest BCUT2D eigenvalue weighted by atomic mass is 10.0. The second-order valence-corrected chi connectivity index (χ2v) is 5.90. The lowest BCUT2D eigenvalue weighted by Crippen LogP contribution is -2.35. The van der Waals surface area contributed by atoms with Gasteiger partial charge in [-0.25, -0.2) is 0 Å². The van der Waals surface area contributed by atoms with Gasteiger partial charge in [0, 0.05) is 37.8 Å². The summed E-state index contributed by atoms with van der Waals surface area (Å²) in [6, 6.07) is 6.04. The van der Waals surface area contributed by atoms with Crippen LogP contribution in [-0.4, -0.2) is 48.2 Å². The number of nitrogens with one attached hydrogen (secondary N) is 1. The molecule has 5 nitrogen and oxygen atoms in total. The van der Waals surface area contributed by atoms with Crippen molar-refractivity contribution in [1.82, 2.24) is 10.2 Å². The number of hydrogen-bond donors (Lipinski definition) is 3. The number of aryl methyl sites for hydroxylation is 1. The van der Waals surface area contributed by atoms with E-state index in [1.165, 1.54) is 0 Å². The normalized spacial score (nSPS) is 12.4. The van der Waals surface area contributed by atoms with Crippen molar-refractivity contribution in [3.05, 3.63) is 34.9 Å². The van der Waals surface area contributed by atoms with E-state index in [1.807, 2.05) is 26.0 Å². The molecule has 0 aliphatic heterocycles. The highest BCUT2D eigenvalue weighted by molar-refractivity contribution is 5.96. The maximum atomic E-state index is 12.5. The average Bonchev–Trinajstić information content (AvgIpc) is 2.55. The van der Waals surface area contributed by atoms with E-state index in [0.29, 0.717) is 18.5 Å². The third-order valence-corrected chi connectivity index (χ3v) is 4.15. The molecule has 4 N–H and O–H groups in total. The molecule has 1 unspecified atom stereocenters. The monoisotopic (exact) mass is 321 g/mol. The molecule has 5 heteroatoms. The molecule has 0 aliphatic carbocycles. The van der Waals surface area contributed by atoms with Crippen LogP contribution in [0.2, 0.25) is 0 Å². The molecule has 0 radical (unpaired) electrons. The first-order valence-corrected chi connectivity index (χ1v) is 8.49. The summed E-state index contributed by atoms with van der Waals surface area (Å²) < 4.78 is 0. The van der Waals surface area contributed by atoms with Crippen LogP contribution in [-0.2, 0) is 6.54 Å². The molecule has 1 aromatic carbocycles. The van der Waals surface area contributed by atoms with Crippen molar-refractivity contribution in [3.63, 3.8) is 0 Å². The molecule has 0 saturated carbocycles. The molecular weight excluding hydrogens is 290 g/mol. The van der Waals surface area contributed by atoms with E-state index in [4.69, 9.17) is 10.8 Å². The van der Waals surface area contributed by atoms with Gasteiger partial charge in [0.05, 0.1) is 0 Å². The zero-order valence-corrected chi connectivity index (χ0v) is 14.6. The van der Waals surface area contributed by atoms with Gasteiger partial charge in [-0.15, -0.1) is 0 Å². The van der Waals surface area contributed by atoms with Crippen LogP contribution in [0.3, 0.4) is 0 Å². The molecular formula is C18H31N3O2. The molecule has 130 valence electrons. The van der Waals surface area contributed by atoms with E-state index < -0.39 is 0 Å².